The quantitative estimate of drug-likeness (QED) is 0.600. The molecule has 0 aliphatic heterocycles. The van der Waals surface area contributed by atoms with E-state index in [0.29, 0.717) is 5.56 Å². The fraction of sp³-hybridized carbons (Fsp3) is 0.222. The molecule has 1 aromatic rings. The highest BCUT2D eigenvalue weighted by Crippen LogP contribution is 2.17. The summed E-state index contributed by atoms with van der Waals surface area (Å²) in [7, 11) is -3.32. The molecule has 0 aliphatic rings. The molecule has 0 fully saturated rings. The zero-order valence-corrected chi connectivity index (χ0v) is 9.08. The lowest BCUT2D eigenvalue weighted by molar-refractivity contribution is -0.151. The Morgan fingerprint density at radius 3 is 2.31 bits per heavy atom. The van der Waals surface area contributed by atoms with Crippen LogP contribution in [0.3, 0.4) is 0 Å². The molecule has 16 heavy (non-hydrogen) atoms. The van der Waals surface area contributed by atoms with Gasteiger partial charge in [0.05, 0.1) is 0 Å². The van der Waals surface area contributed by atoms with E-state index in [1.165, 1.54) is 0 Å². The SMILES string of the molecule is O=C(O)C(Cc1ccccc1)N(O)P(=O)=O. The Hall–Kier alpha value is -1.49. The summed E-state index contributed by atoms with van der Waals surface area (Å²) in [4.78, 5) is 10.6. The van der Waals surface area contributed by atoms with E-state index in [9.17, 15) is 13.9 Å². The van der Waals surface area contributed by atoms with Gasteiger partial charge < -0.3 is 10.3 Å². The van der Waals surface area contributed by atoms with Gasteiger partial charge in [0.25, 0.3) is 0 Å². The Bertz CT molecular complexity index is 423. The van der Waals surface area contributed by atoms with Crippen molar-refractivity contribution in [2.24, 2.45) is 0 Å². The number of benzene rings is 1. The van der Waals surface area contributed by atoms with Crippen molar-refractivity contribution in [1.29, 1.82) is 0 Å². The molecule has 1 unspecified atom stereocenters. The first-order valence-corrected chi connectivity index (χ1v) is 5.54. The molecule has 86 valence electrons. The molecule has 2 N–H and O–H groups in total. The minimum atomic E-state index is -3.32. The molecule has 0 saturated carbocycles. The van der Waals surface area contributed by atoms with Crippen LogP contribution in [0.15, 0.2) is 30.3 Å². The third-order valence-electron chi connectivity index (χ3n) is 2.00. The first-order chi connectivity index (χ1) is 7.52. The number of rotatable bonds is 5. The van der Waals surface area contributed by atoms with Gasteiger partial charge in [0.2, 0.25) is 0 Å². The van der Waals surface area contributed by atoms with Gasteiger partial charge in [-0.15, -0.1) is 0 Å². The van der Waals surface area contributed by atoms with Crippen LogP contribution in [-0.4, -0.2) is 27.2 Å². The summed E-state index contributed by atoms with van der Waals surface area (Å²) in [5.74, 6) is -1.40. The summed E-state index contributed by atoms with van der Waals surface area (Å²) in [6, 6.07) is 6.97. The van der Waals surface area contributed by atoms with Gasteiger partial charge in [0, 0.05) is 6.42 Å². The van der Waals surface area contributed by atoms with Crippen LogP contribution in [0.25, 0.3) is 0 Å². The van der Waals surface area contributed by atoms with Gasteiger partial charge >= 0.3 is 13.8 Å². The van der Waals surface area contributed by atoms with Crippen LogP contribution in [-0.2, 0) is 20.3 Å². The van der Waals surface area contributed by atoms with Gasteiger partial charge in [-0.1, -0.05) is 35.2 Å². The van der Waals surface area contributed by atoms with E-state index in [1.54, 1.807) is 30.3 Å². The van der Waals surface area contributed by atoms with Crippen molar-refractivity contribution < 1.29 is 24.2 Å². The highest BCUT2D eigenvalue weighted by atomic mass is 31.1. The average molecular weight is 243 g/mol. The number of carbonyl (C=O) groups is 1. The van der Waals surface area contributed by atoms with E-state index in [2.05, 4.69) is 0 Å². The monoisotopic (exact) mass is 243 g/mol. The Morgan fingerprint density at radius 1 is 1.31 bits per heavy atom. The molecule has 0 amide bonds. The van der Waals surface area contributed by atoms with Gasteiger partial charge in [0.1, 0.15) is 0 Å². The lowest BCUT2D eigenvalue weighted by Crippen LogP contribution is -2.35. The first kappa shape index (κ1) is 12.6. The van der Waals surface area contributed by atoms with Gasteiger partial charge in [0.15, 0.2) is 6.04 Å². The maximum Gasteiger partial charge on any atom is 0.423 e. The number of aliphatic carboxylic acids is 1. The molecule has 7 heteroatoms. The second kappa shape index (κ2) is 5.55. The van der Waals surface area contributed by atoms with Crippen LogP contribution in [0.1, 0.15) is 5.56 Å². The van der Waals surface area contributed by atoms with E-state index in [4.69, 9.17) is 10.3 Å². The maximum atomic E-state index is 10.8. The number of nitrogens with zero attached hydrogens (tertiary/aromatic N) is 1. The van der Waals surface area contributed by atoms with Crippen LogP contribution in [0.2, 0.25) is 0 Å². The van der Waals surface area contributed by atoms with Crippen LogP contribution in [0, 0.1) is 0 Å². The Labute approximate surface area is 92.0 Å². The zero-order valence-electron chi connectivity index (χ0n) is 8.18. The second-order valence-corrected chi connectivity index (χ2v) is 3.99. The van der Waals surface area contributed by atoms with E-state index in [-0.39, 0.29) is 11.3 Å². The fourth-order valence-electron chi connectivity index (χ4n) is 1.22. The van der Waals surface area contributed by atoms with Crippen LogP contribution in [0.4, 0.5) is 0 Å². The average Bonchev–Trinajstić information content (AvgIpc) is 2.26. The van der Waals surface area contributed by atoms with E-state index >= 15 is 0 Å². The van der Waals surface area contributed by atoms with Gasteiger partial charge in [-0.3, -0.25) is 4.79 Å². The molecule has 0 bridgehead atoms. The summed E-state index contributed by atoms with van der Waals surface area (Å²) >= 11 is 0. The predicted octanol–water partition coefficient (Wildman–Crippen LogP) is 1.46. The molecule has 0 aromatic heterocycles. The molecule has 1 aromatic carbocycles. The van der Waals surface area contributed by atoms with Gasteiger partial charge in [-0.2, -0.15) is 0 Å². The molecule has 0 spiro atoms. The zero-order chi connectivity index (χ0) is 12.1. The Morgan fingerprint density at radius 2 is 1.88 bits per heavy atom. The Kier molecular flexibility index (Phi) is 4.37. The van der Waals surface area contributed by atoms with E-state index in [1.807, 2.05) is 0 Å². The molecule has 1 atom stereocenters. The standard InChI is InChI=1S/C9H10NO5P/c11-9(12)8(10(13)16(14)15)6-7-4-2-1-3-5-7/h1-5,8,13H,6H2,(H,11,12). The third kappa shape index (κ3) is 3.27. The highest BCUT2D eigenvalue weighted by molar-refractivity contribution is 7.27. The van der Waals surface area contributed by atoms with Crippen molar-refractivity contribution in [3.63, 3.8) is 0 Å². The summed E-state index contributed by atoms with van der Waals surface area (Å²) in [6.45, 7) is 0. The van der Waals surface area contributed by atoms with E-state index in [0.717, 1.165) is 0 Å². The largest absolute Gasteiger partial charge is 0.480 e. The van der Waals surface area contributed by atoms with Crippen LogP contribution >= 0.6 is 7.83 Å². The summed E-state index contributed by atoms with van der Waals surface area (Å²) in [5.41, 5.74) is 0.630. The number of carboxylic acid groups (broad SMARTS) is 1. The molecule has 6 nitrogen and oxygen atoms in total. The minimum Gasteiger partial charge on any atom is -0.480 e. The summed E-state index contributed by atoms with van der Waals surface area (Å²) < 4.78 is 21.0. The maximum absolute atomic E-state index is 10.8. The summed E-state index contributed by atoms with van der Waals surface area (Å²) in [5, 5.41) is 17.9. The lowest BCUT2D eigenvalue weighted by atomic mass is 10.1. The fourth-order valence-corrected chi connectivity index (χ4v) is 1.63. The van der Waals surface area contributed by atoms with Crippen LogP contribution < -0.4 is 0 Å². The minimum absolute atomic E-state index is 0.0873. The smallest absolute Gasteiger partial charge is 0.423 e. The second-order valence-electron chi connectivity index (χ2n) is 3.10. The highest BCUT2D eigenvalue weighted by Gasteiger charge is 2.28. The number of carboxylic acids is 1. The molecule has 1 rings (SSSR count). The molecule has 0 saturated heterocycles. The first-order valence-electron chi connectivity index (χ1n) is 4.41. The van der Waals surface area contributed by atoms with Crippen molar-refractivity contribution in [2.75, 3.05) is 0 Å². The molecule has 0 radical (unpaired) electrons. The third-order valence-corrected chi connectivity index (χ3v) is 2.62. The van der Waals surface area contributed by atoms with Gasteiger partial charge in [-0.25, -0.2) is 9.13 Å². The molecular weight excluding hydrogens is 233 g/mol. The molecule has 0 heterocycles. The topological polar surface area (TPSA) is 94.9 Å². The number of hydroxylamine groups is 1. The lowest BCUT2D eigenvalue weighted by Gasteiger charge is -2.15. The van der Waals surface area contributed by atoms with Gasteiger partial charge in [-0.05, 0) is 5.56 Å². The normalized spacial score (nSPS) is 12.4. The van der Waals surface area contributed by atoms with Crippen molar-refractivity contribution in [3.8, 4) is 0 Å². The number of hydrogen-bond donors (Lipinski definition) is 2. The summed E-state index contributed by atoms with van der Waals surface area (Å²) in [6.07, 6.45) is -0.0873. The van der Waals surface area contributed by atoms with Crippen molar-refractivity contribution in [2.45, 2.75) is 12.5 Å². The van der Waals surface area contributed by atoms with Crippen molar-refractivity contribution in [3.05, 3.63) is 35.9 Å². The molecular formula is C9H10NO5P. The predicted molar refractivity (Wildman–Crippen MR) is 53.5 cm³/mol. The van der Waals surface area contributed by atoms with Crippen molar-refractivity contribution in [1.82, 2.24) is 4.83 Å². The van der Waals surface area contributed by atoms with Crippen molar-refractivity contribution >= 4 is 13.8 Å². The number of hydrogen-bond acceptors (Lipinski definition) is 4. The molecule has 0 aliphatic carbocycles. The Balaban J connectivity index is 2.85. The van der Waals surface area contributed by atoms with E-state index < -0.39 is 19.8 Å². The van der Waals surface area contributed by atoms with Crippen LogP contribution in [0.5, 0.6) is 0 Å².